The topological polar surface area (TPSA) is 25.2 Å². The molecule has 29 heavy (non-hydrogen) atoms. The van der Waals surface area contributed by atoms with Gasteiger partial charge in [0.1, 0.15) is 0 Å². The Morgan fingerprint density at radius 1 is 1.07 bits per heavy atom. The van der Waals surface area contributed by atoms with Crippen molar-refractivity contribution >= 4 is 17.5 Å². The number of rotatable bonds is 5. The molecule has 1 atom stereocenters. The van der Waals surface area contributed by atoms with Crippen molar-refractivity contribution < 1.29 is 4.79 Å². The molecule has 1 unspecified atom stereocenters. The highest BCUT2D eigenvalue weighted by atomic mass is 35.5. The van der Waals surface area contributed by atoms with Gasteiger partial charge >= 0.3 is 0 Å². The molecule has 4 rings (SSSR count). The summed E-state index contributed by atoms with van der Waals surface area (Å²) in [5, 5.41) is 0.692. The normalized spacial score (nSPS) is 16.3. The van der Waals surface area contributed by atoms with Crippen LogP contribution >= 0.6 is 11.6 Å². The van der Waals surface area contributed by atoms with Crippen molar-refractivity contribution in [2.45, 2.75) is 45.2 Å². The summed E-state index contributed by atoms with van der Waals surface area (Å²) in [5.74, 6) is 0.0756. The fourth-order valence-corrected chi connectivity index (χ4v) is 4.38. The van der Waals surface area contributed by atoms with E-state index >= 15 is 0 Å². The smallest absolute Gasteiger partial charge is 0.254 e. The third kappa shape index (κ3) is 4.25. The Hall–Kier alpha value is -2.52. The van der Waals surface area contributed by atoms with Gasteiger partial charge in [0.05, 0.1) is 6.04 Å². The van der Waals surface area contributed by atoms with E-state index in [0.717, 1.165) is 42.8 Å². The van der Waals surface area contributed by atoms with Crippen molar-refractivity contribution in [2.75, 3.05) is 6.54 Å². The van der Waals surface area contributed by atoms with E-state index in [1.165, 1.54) is 18.4 Å². The first-order valence-electron chi connectivity index (χ1n) is 10.5. The van der Waals surface area contributed by atoms with Gasteiger partial charge in [-0.1, -0.05) is 49.2 Å². The van der Waals surface area contributed by atoms with Crippen LogP contribution in [-0.4, -0.2) is 21.9 Å². The summed E-state index contributed by atoms with van der Waals surface area (Å²) >= 11 is 6.30. The van der Waals surface area contributed by atoms with Crippen molar-refractivity contribution in [2.24, 2.45) is 0 Å². The molecule has 1 aliphatic rings. The fraction of sp³-hybridized carbons (Fsp3) is 0.320. The summed E-state index contributed by atoms with van der Waals surface area (Å²) in [4.78, 5) is 15.6. The quantitative estimate of drug-likeness (QED) is 0.501. The number of fused-ring (bicyclic) bond motifs is 1. The van der Waals surface area contributed by atoms with Gasteiger partial charge in [0.15, 0.2) is 0 Å². The van der Waals surface area contributed by atoms with Crippen LogP contribution < -0.4 is 0 Å². The van der Waals surface area contributed by atoms with Crippen molar-refractivity contribution in [3.8, 4) is 0 Å². The van der Waals surface area contributed by atoms with Crippen LogP contribution in [0.5, 0.6) is 0 Å². The van der Waals surface area contributed by atoms with Gasteiger partial charge < -0.3 is 9.47 Å². The third-order valence-corrected chi connectivity index (χ3v) is 5.93. The van der Waals surface area contributed by atoms with E-state index in [9.17, 15) is 4.79 Å². The SMILES string of the molecule is CCCCc1ccc(C(=O)N2CCCn3cccc3C2c2cccc(Cl)c2)cc1. The van der Waals surface area contributed by atoms with Crippen LogP contribution in [0.3, 0.4) is 0 Å². The molecule has 3 nitrogen and oxygen atoms in total. The highest BCUT2D eigenvalue weighted by Gasteiger charge is 2.31. The number of carbonyl (C=O) groups is 1. The van der Waals surface area contributed by atoms with Crippen molar-refractivity contribution in [1.29, 1.82) is 0 Å². The Morgan fingerprint density at radius 3 is 2.66 bits per heavy atom. The number of hydrogen-bond donors (Lipinski definition) is 0. The predicted octanol–water partition coefficient (Wildman–Crippen LogP) is 6.12. The zero-order valence-corrected chi connectivity index (χ0v) is 17.6. The maximum atomic E-state index is 13.6. The highest BCUT2D eigenvalue weighted by molar-refractivity contribution is 6.30. The lowest BCUT2D eigenvalue weighted by atomic mass is 10.00. The summed E-state index contributed by atoms with van der Waals surface area (Å²) in [7, 11) is 0. The van der Waals surface area contributed by atoms with Gasteiger partial charge in [0.25, 0.3) is 5.91 Å². The molecule has 3 aromatic rings. The monoisotopic (exact) mass is 406 g/mol. The second kappa shape index (κ2) is 8.87. The average Bonchev–Trinajstić information content (AvgIpc) is 3.12. The number of benzene rings is 2. The zero-order chi connectivity index (χ0) is 20.2. The van der Waals surface area contributed by atoms with E-state index in [-0.39, 0.29) is 11.9 Å². The summed E-state index contributed by atoms with van der Waals surface area (Å²) in [5.41, 5.74) is 4.22. The lowest BCUT2D eigenvalue weighted by Gasteiger charge is -2.31. The van der Waals surface area contributed by atoms with Gasteiger partial charge in [-0.25, -0.2) is 0 Å². The molecular weight excluding hydrogens is 380 g/mol. The second-order valence-corrected chi connectivity index (χ2v) is 8.17. The van der Waals surface area contributed by atoms with Gasteiger partial charge in [-0.3, -0.25) is 4.79 Å². The highest BCUT2D eigenvalue weighted by Crippen LogP contribution is 2.34. The Morgan fingerprint density at radius 2 is 1.90 bits per heavy atom. The Kier molecular flexibility index (Phi) is 6.05. The molecule has 0 fully saturated rings. The number of carbonyl (C=O) groups excluding carboxylic acids is 1. The molecule has 2 aromatic carbocycles. The molecule has 0 radical (unpaired) electrons. The number of aromatic nitrogens is 1. The van der Waals surface area contributed by atoms with E-state index in [4.69, 9.17) is 11.6 Å². The molecule has 0 spiro atoms. The molecule has 0 saturated heterocycles. The predicted molar refractivity (Wildman–Crippen MR) is 118 cm³/mol. The molecule has 150 valence electrons. The molecule has 0 N–H and O–H groups in total. The average molecular weight is 407 g/mol. The van der Waals surface area contributed by atoms with Crippen LogP contribution in [0, 0.1) is 0 Å². The van der Waals surface area contributed by atoms with Crippen LogP contribution in [0.25, 0.3) is 0 Å². The number of unbranched alkanes of at least 4 members (excludes halogenated alkanes) is 1. The molecular formula is C25H27ClN2O. The number of aryl methyl sites for hydroxylation is 2. The van der Waals surface area contributed by atoms with Crippen LogP contribution in [0.1, 0.15) is 59.4 Å². The van der Waals surface area contributed by atoms with E-state index < -0.39 is 0 Å². The lowest BCUT2D eigenvalue weighted by molar-refractivity contribution is 0.0709. The summed E-state index contributed by atoms with van der Waals surface area (Å²) in [6, 6.07) is 20.1. The summed E-state index contributed by atoms with van der Waals surface area (Å²) < 4.78 is 2.26. The number of hydrogen-bond acceptors (Lipinski definition) is 1. The standard InChI is InChI=1S/C25H27ClN2O/c1-2-3-7-19-11-13-20(14-12-19)25(29)28-17-6-16-27-15-5-10-23(27)24(28)21-8-4-9-22(26)18-21/h4-5,8-15,18,24H,2-3,6-7,16-17H2,1H3. The minimum absolute atomic E-state index is 0.0756. The van der Waals surface area contributed by atoms with Gasteiger partial charge in [0, 0.05) is 35.6 Å². The molecule has 0 bridgehead atoms. The largest absolute Gasteiger partial charge is 0.349 e. The Labute approximate surface area is 177 Å². The molecule has 1 aliphatic heterocycles. The van der Waals surface area contributed by atoms with Crippen LogP contribution in [0.15, 0.2) is 66.9 Å². The molecule has 0 aliphatic carbocycles. The lowest BCUT2D eigenvalue weighted by Crippen LogP contribution is -2.35. The van der Waals surface area contributed by atoms with Crippen molar-refractivity contribution in [1.82, 2.24) is 9.47 Å². The van der Waals surface area contributed by atoms with Gasteiger partial charge in [-0.05, 0) is 66.8 Å². The minimum atomic E-state index is -0.140. The van der Waals surface area contributed by atoms with Crippen LogP contribution in [0.4, 0.5) is 0 Å². The molecule has 4 heteroatoms. The van der Waals surface area contributed by atoms with E-state index in [0.29, 0.717) is 5.02 Å². The molecule has 0 saturated carbocycles. The first-order chi connectivity index (χ1) is 14.2. The van der Waals surface area contributed by atoms with Crippen LogP contribution in [-0.2, 0) is 13.0 Å². The second-order valence-electron chi connectivity index (χ2n) is 7.74. The fourth-order valence-electron chi connectivity index (χ4n) is 4.19. The van der Waals surface area contributed by atoms with Crippen molar-refractivity contribution in [3.05, 3.63) is 94.3 Å². The maximum absolute atomic E-state index is 13.6. The maximum Gasteiger partial charge on any atom is 0.254 e. The number of amides is 1. The summed E-state index contributed by atoms with van der Waals surface area (Å²) in [6.45, 7) is 3.83. The van der Waals surface area contributed by atoms with Gasteiger partial charge in [-0.15, -0.1) is 0 Å². The van der Waals surface area contributed by atoms with Crippen LogP contribution in [0.2, 0.25) is 5.02 Å². The third-order valence-electron chi connectivity index (χ3n) is 5.70. The molecule has 2 heterocycles. The summed E-state index contributed by atoms with van der Waals surface area (Å²) in [6.07, 6.45) is 6.44. The first kappa shape index (κ1) is 19.8. The van der Waals surface area contributed by atoms with E-state index in [2.05, 4.69) is 48.0 Å². The number of nitrogens with zero attached hydrogens (tertiary/aromatic N) is 2. The minimum Gasteiger partial charge on any atom is -0.349 e. The number of halogens is 1. The Bertz CT molecular complexity index is 976. The molecule has 1 amide bonds. The van der Waals surface area contributed by atoms with Gasteiger partial charge in [0.2, 0.25) is 0 Å². The van der Waals surface area contributed by atoms with Gasteiger partial charge in [-0.2, -0.15) is 0 Å². The van der Waals surface area contributed by atoms with E-state index in [1.54, 1.807) is 0 Å². The van der Waals surface area contributed by atoms with Crippen molar-refractivity contribution in [3.63, 3.8) is 0 Å². The molecule has 1 aromatic heterocycles. The Balaban J connectivity index is 1.69. The first-order valence-corrected chi connectivity index (χ1v) is 10.9. The zero-order valence-electron chi connectivity index (χ0n) is 16.9. The van der Waals surface area contributed by atoms with E-state index in [1.807, 2.05) is 35.2 Å².